The van der Waals surface area contributed by atoms with Crippen molar-refractivity contribution in [1.82, 2.24) is 0 Å². The van der Waals surface area contributed by atoms with Crippen LogP contribution >= 0.6 is 0 Å². The summed E-state index contributed by atoms with van der Waals surface area (Å²) < 4.78 is 39.6. The maximum absolute atomic E-state index is 13.2. The topological polar surface area (TPSA) is 84.3 Å². The number of alkyl halides is 3. The fraction of sp³-hybridized carbons (Fsp3) is 0.278. The molecular formula is C18H18F3N3O3. The number of aryl methyl sites for hydroxylation is 2. The van der Waals surface area contributed by atoms with Gasteiger partial charge in [0.1, 0.15) is 6.04 Å². The molecule has 0 fully saturated rings. The van der Waals surface area contributed by atoms with Crippen LogP contribution in [0.15, 0.2) is 36.4 Å². The van der Waals surface area contributed by atoms with E-state index in [2.05, 4.69) is 10.6 Å². The van der Waals surface area contributed by atoms with Crippen molar-refractivity contribution >= 4 is 23.0 Å². The Kier molecular flexibility index (Phi) is 5.72. The van der Waals surface area contributed by atoms with Crippen molar-refractivity contribution < 1.29 is 22.9 Å². The van der Waals surface area contributed by atoms with Crippen LogP contribution in [0.2, 0.25) is 0 Å². The number of hydrogen-bond donors (Lipinski definition) is 2. The maximum atomic E-state index is 13.2. The standard InChI is InChI=1S/C18H18F3N3O3/c1-10-4-6-15(11(2)8-10)22-12(3)17(25)23-16-7-5-13(24(26)27)9-14(16)18(19,20)21/h4-9,12,22H,1-3H3,(H,23,25). The quantitative estimate of drug-likeness (QED) is 0.582. The zero-order valence-corrected chi connectivity index (χ0v) is 14.8. The minimum absolute atomic E-state index is 0.401. The number of benzene rings is 2. The monoisotopic (exact) mass is 381 g/mol. The molecule has 2 rings (SSSR count). The van der Waals surface area contributed by atoms with Crippen molar-refractivity contribution in [3.8, 4) is 0 Å². The molecule has 0 saturated carbocycles. The van der Waals surface area contributed by atoms with Crippen LogP contribution in [-0.4, -0.2) is 16.9 Å². The van der Waals surface area contributed by atoms with Crippen LogP contribution in [0.1, 0.15) is 23.6 Å². The second-order valence-corrected chi connectivity index (χ2v) is 6.16. The Bertz CT molecular complexity index is 882. The van der Waals surface area contributed by atoms with E-state index in [9.17, 15) is 28.1 Å². The average Bonchev–Trinajstić information content (AvgIpc) is 2.56. The van der Waals surface area contributed by atoms with Crippen molar-refractivity contribution in [2.24, 2.45) is 0 Å². The predicted molar refractivity (Wildman–Crippen MR) is 95.7 cm³/mol. The van der Waals surface area contributed by atoms with Crippen LogP contribution in [0, 0.1) is 24.0 Å². The van der Waals surface area contributed by atoms with Crippen LogP contribution < -0.4 is 10.6 Å². The Hall–Kier alpha value is -3.10. The molecule has 6 nitrogen and oxygen atoms in total. The van der Waals surface area contributed by atoms with Gasteiger partial charge < -0.3 is 10.6 Å². The fourth-order valence-corrected chi connectivity index (χ4v) is 2.50. The lowest BCUT2D eigenvalue weighted by Gasteiger charge is -2.19. The van der Waals surface area contributed by atoms with Gasteiger partial charge in [0.2, 0.25) is 5.91 Å². The van der Waals surface area contributed by atoms with Crippen molar-refractivity contribution in [3.63, 3.8) is 0 Å². The second kappa shape index (κ2) is 7.65. The first kappa shape index (κ1) is 20.2. The first-order valence-electron chi connectivity index (χ1n) is 7.99. The van der Waals surface area contributed by atoms with Gasteiger partial charge in [-0.05, 0) is 38.5 Å². The van der Waals surface area contributed by atoms with E-state index in [1.54, 1.807) is 6.07 Å². The molecule has 0 aromatic heterocycles. The highest BCUT2D eigenvalue weighted by molar-refractivity contribution is 5.97. The summed E-state index contributed by atoms with van der Waals surface area (Å²) in [6.45, 7) is 5.27. The van der Waals surface area contributed by atoms with Crippen LogP contribution in [0.25, 0.3) is 0 Å². The van der Waals surface area contributed by atoms with E-state index in [0.717, 1.165) is 23.3 Å². The van der Waals surface area contributed by atoms with Gasteiger partial charge >= 0.3 is 6.18 Å². The van der Waals surface area contributed by atoms with Gasteiger partial charge in [0.25, 0.3) is 5.69 Å². The minimum atomic E-state index is -4.85. The first-order chi connectivity index (χ1) is 12.5. The molecule has 27 heavy (non-hydrogen) atoms. The number of anilines is 2. The molecule has 0 saturated heterocycles. The number of non-ortho nitro benzene ring substituents is 1. The fourth-order valence-electron chi connectivity index (χ4n) is 2.50. The van der Waals surface area contributed by atoms with E-state index in [1.165, 1.54) is 6.92 Å². The molecule has 0 aliphatic rings. The summed E-state index contributed by atoms with van der Waals surface area (Å²) >= 11 is 0. The predicted octanol–water partition coefficient (Wildman–Crippen LogP) is 4.67. The lowest BCUT2D eigenvalue weighted by Crippen LogP contribution is -2.32. The number of nitro benzene ring substituents is 1. The van der Waals surface area contributed by atoms with Crippen molar-refractivity contribution in [2.75, 3.05) is 10.6 Å². The second-order valence-electron chi connectivity index (χ2n) is 6.16. The molecule has 1 unspecified atom stereocenters. The van der Waals surface area contributed by atoms with Gasteiger partial charge in [-0.1, -0.05) is 17.7 Å². The number of carbonyl (C=O) groups excluding carboxylic acids is 1. The molecule has 2 aromatic carbocycles. The molecule has 0 bridgehead atoms. The van der Waals surface area contributed by atoms with E-state index < -0.39 is 40.0 Å². The smallest absolute Gasteiger partial charge is 0.374 e. The molecule has 0 heterocycles. The molecule has 0 radical (unpaired) electrons. The third-order valence-electron chi connectivity index (χ3n) is 3.92. The largest absolute Gasteiger partial charge is 0.418 e. The van der Waals surface area contributed by atoms with Gasteiger partial charge in [0, 0.05) is 17.8 Å². The molecule has 1 amide bonds. The van der Waals surface area contributed by atoms with Gasteiger partial charge in [-0.25, -0.2) is 0 Å². The van der Waals surface area contributed by atoms with Crippen LogP contribution in [0.4, 0.5) is 30.2 Å². The van der Waals surface area contributed by atoms with Gasteiger partial charge in [0.05, 0.1) is 16.2 Å². The summed E-state index contributed by atoms with van der Waals surface area (Å²) in [6, 6.07) is 6.89. The summed E-state index contributed by atoms with van der Waals surface area (Å²) in [5, 5.41) is 15.9. The Balaban J connectivity index is 2.22. The number of hydrogen-bond acceptors (Lipinski definition) is 4. The van der Waals surface area contributed by atoms with E-state index in [1.807, 2.05) is 26.0 Å². The lowest BCUT2D eigenvalue weighted by molar-refractivity contribution is -0.385. The minimum Gasteiger partial charge on any atom is -0.374 e. The highest BCUT2D eigenvalue weighted by atomic mass is 19.4. The van der Waals surface area contributed by atoms with Crippen LogP contribution in [0.5, 0.6) is 0 Å². The number of rotatable bonds is 5. The lowest BCUT2D eigenvalue weighted by atomic mass is 10.1. The zero-order valence-electron chi connectivity index (χ0n) is 14.8. The molecule has 0 aliphatic carbocycles. The first-order valence-corrected chi connectivity index (χ1v) is 7.99. The molecule has 1 atom stereocenters. The summed E-state index contributed by atoms with van der Waals surface area (Å²) in [5.41, 5.74) is 0.0951. The number of halogens is 3. The summed E-state index contributed by atoms with van der Waals surface area (Å²) in [5.74, 6) is -0.700. The molecule has 9 heteroatoms. The van der Waals surface area contributed by atoms with Crippen molar-refractivity contribution in [1.29, 1.82) is 0 Å². The molecule has 144 valence electrons. The normalized spacial score (nSPS) is 12.4. The third kappa shape index (κ3) is 4.96. The summed E-state index contributed by atoms with van der Waals surface area (Å²) in [4.78, 5) is 22.1. The molecule has 0 spiro atoms. The maximum Gasteiger partial charge on any atom is 0.418 e. The Labute approximate surface area is 153 Å². The highest BCUT2D eigenvalue weighted by Gasteiger charge is 2.36. The zero-order chi connectivity index (χ0) is 20.4. The van der Waals surface area contributed by atoms with Gasteiger partial charge in [0.15, 0.2) is 0 Å². The van der Waals surface area contributed by atoms with Gasteiger partial charge in [-0.3, -0.25) is 14.9 Å². The van der Waals surface area contributed by atoms with Crippen LogP contribution in [0.3, 0.4) is 0 Å². The number of carbonyl (C=O) groups is 1. The van der Waals surface area contributed by atoms with E-state index in [-0.39, 0.29) is 0 Å². The molecule has 0 aliphatic heterocycles. The average molecular weight is 381 g/mol. The van der Waals surface area contributed by atoms with E-state index in [0.29, 0.717) is 11.8 Å². The Morgan fingerprint density at radius 1 is 1.11 bits per heavy atom. The number of amides is 1. The van der Waals surface area contributed by atoms with E-state index >= 15 is 0 Å². The SMILES string of the molecule is Cc1ccc(NC(C)C(=O)Nc2ccc([N+](=O)[O-])cc2C(F)(F)F)c(C)c1. The number of nitrogens with one attached hydrogen (secondary N) is 2. The highest BCUT2D eigenvalue weighted by Crippen LogP contribution is 2.37. The number of nitro groups is 1. The summed E-state index contributed by atoms with van der Waals surface area (Å²) in [7, 11) is 0. The number of nitrogens with zero attached hydrogens (tertiary/aromatic N) is 1. The molecule has 2 N–H and O–H groups in total. The summed E-state index contributed by atoms with van der Waals surface area (Å²) in [6.07, 6.45) is -4.85. The van der Waals surface area contributed by atoms with E-state index in [4.69, 9.17) is 0 Å². The Morgan fingerprint density at radius 2 is 1.74 bits per heavy atom. The molecular weight excluding hydrogens is 363 g/mol. The van der Waals surface area contributed by atoms with Crippen LogP contribution in [-0.2, 0) is 11.0 Å². The third-order valence-corrected chi connectivity index (χ3v) is 3.92. The molecule has 2 aromatic rings. The van der Waals surface area contributed by atoms with Crippen molar-refractivity contribution in [2.45, 2.75) is 33.0 Å². The van der Waals surface area contributed by atoms with Gasteiger partial charge in [-0.15, -0.1) is 0 Å². The van der Waals surface area contributed by atoms with Gasteiger partial charge in [-0.2, -0.15) is 13.2 Å². The van der Waals surface area contributed by atoms with Crippen molar-refractivity contribution in [3.05, 3.63) is 63.2 Å². The Morgan fingerprint density at radius 3 is 2.30 bits per heavy atom.